The van der Waals surface area contributed by atoms with E-state index in [4.69, 9.17) is 4.52 Å². The van der Waals surface area contributed by atoms with E-state index in [1.807, 2.05) is 0 Å². The molecule has 1 aromatic carbocycles. The molecule has 1 fully saturated rings. The minimum Gasteiger partial charge on any atom is -0.369 e. The van der Waals surface area contributed by atoms with Crippen LogP contribution in [0.5, 0.6) is 0 Å². The van der Waals surface area contributed by atoms with Crippen LogP contribution in [0.25, 0.3) is 0 Å². The Hall–Kier alpha value is -1.88. The van der Waals surface area contributed by atoms with Gasteiger partial charge in [0.25, 0.3) is 0 Å². The first-order valence-electron chi connectivity index (χ1n) is 8.88. The molecule has 24 heavy (non-hydrogen) atoms. The zero-order chi connectivity index (χ0) is 17.1. The maximum absolute atomic E-state index is 5.40. The highest BCUT2D eigenvalue weighted by molar-refractivity contribution is 5.56. The summed E-state index contributed by atoms with van der Waals surface area (Å²) in [4.78, 5) is 9.39. The molecule has 0 amide bonds. The first-order chi connectivity index (χ1) is 11.5. The van der Waals surface area contributed by atoms with Crippen LogP contribution in [0, 0.1) is 19.8 Å². The standard InChI is InChI=1S/C19H28N4O/c1-14(2)12-18-20-19(24-21-18)13-22-8-10-23(11-9-22)17-7-5-6-15(3)16(17)4/h5-7,14H,8-13H2,1-4H3. The molecule has 5 heteroatoms. The molecule has 0 radical (unpaired) electrons. The maximum atomic E-state index is 5.40. The summed E-state index contributed by atoms with van der Waals surface area (Å²) in [6.07, 6.45) is 0.879. The average molecular weight is 328 g/mol. The van der Waals surface area contributed by atoms with Crippen LogP contribution in [-0.4, -0.2) is 41.2 Å². The molecule has 1 aliphatic rings. The van der Waals surface area contributed by atoms with Crippen LogP contribution >= 0.6 is 0 Å². The van der Waals surface area contributed by atoms with E-state index < -0.39 is 0 Å². The Kier molecular flexibility index (Phi) is 5.19. The second kappa shape index (κ2) is 7.34. The van der Waals surface area contributed by atoms with Crippen LogP contribution < -0.4 is 4.90 Å². The number of hydrogen-bond donors (Lipinski definition) is 0. The van der Waals surface area contributed by atoms with Gasteiger partial charge in [0.2, 0.25) is 5.89 Å². The fourth-order valence-corrected chi connectivity index (χ4v) is 3.22. The van der Waals surface area contributed by atoms with Gasteiger partial charge in [0.05, 0.1) is 6.54 Å². The first-order valence-corrected chi connectivity index (χ1v) is 8.88. The van der Waals surface area contributed by atoms with Crippen molar-refractivity contribution in [2.45, 2.75) is 40.7 Å². The molecule has 2 heterocycles. The first kappa shape index (κ1) is 17.0. The van der Waals surface area contributed by atoms with Crippen molar-refractivity contribution < 1.29 is 4.52 Å². The quantitative estimate of drug-likeness (QED) is 0.843. The van der Waals surface area contributed by atoms with Crippen molar-refractivity contribution in [3.05, 3.63) is 41.0 Å². The highest BCUT2D eigenvalue weighted by Crippen LogP contribution is 2.24. The lowest BCUT2D eigenvalue weighted by atomic mass is 10.1. The number of aromatic nitrogens is 2. The molecule has 0 saturated carbocycles. The zero-order valence-corrected chi connectivity index (χ0v) is 15.2. The molecule has 5 nitrogen and oxygen atoms in total. The van der Waals surface area contributed by atoms with Crippen LogP contribution in [0.2, 0.25) is 0 Å². The summed E-state index contributed by atoms with van der Waals surface area (Å²) in [5.41, 5.74) is 4.12. The van der Waals surface area contributed by atoms with Gasteiger partial charge in [-0.1, -0.05) is 31.1 Å². The molecule has 0 bridgehead atoms. The summed E-state index contributed by atoms with van der Waals surface area (Å²) in [6.45, 7) is 13.6. The Balaban J connectivity index is 1.55. The van der Waals surface area contributed by atoms with Crippen LogP contribution in [0.4, 0.5) is 5.69 Å². The highest BCUT2D eigenvalue weighted by Gasteiger charge is 2.20. The molecule has 130 valence electrons. The van der Waals surface area contributed by atoms with Gasteiger partial charge in [-0.2, -0.15) is 4.98 Å². The number of aryl methyl sites for hydroxylation is 1. The Morgan fingerprint density at radius 1 is 1.12 bits per heavy atom. The Morgan fingerprint density at radius 2 is 1.88 bits per heavy atom. The fraction of sp³-hybridized carbons (Fsp3) is 0.579. The molecule has 2 aromatic rings. The Labute approximate surface area is 144 Å². The van der Waals surface area contributed by atoms with Crippen molar-refractivity contribution in [3.63, 3.8) is 0 Å². The van der Waals surface area contributed by atoms with Gasteiger partial charge in [-0.3, -0.25) is 4.90 Å². The minimum absolute atomic E-state index is 0.552. The van der Waals surface area contributed by atoms with Gasteiger partial charge >= 0.3 is 0 Å². The molecule has 1 aliphatic heterocycles. The van der Waals surface area contributed by atoms with Crippen molar-refractivity contribution in [3.8, 4) is 0 Å². The lowest BCUT2D eigenvalue weighted by molar-refractivity contribution is 0.215. The lowest BCUT2D eigenvalue weighted by Gasteiger charge is -2.36. The van der Waals surface area contributed by atoms with Crippen LogP contribution in [0.15, 0.2) is 22.7 Å². The molecular formula is C19H28N4O. The third-order valence-corrected chi connectivity index (χ3v) is 4.75. The molecule has 0 atom stereocenters. The van der Waals surface area contributed by atoms with Gasteiger partial charge in [-0.25, -0.2) is 0 Å². The average Bonchev–Trinajstić information content (AvgIpc) is 2.97. The minimum atomic E-state index is 0.552. The third kappa shape index (κ3) is 3.96. The monoisotopic (exact) mass is 328 g/mol. The number of rotatable bonds is 5. The Bertz CT molecular complexity index is 672. The van der Waals surface area contributed by atoms with E-state index >= 15 is 0 Å². The molecule has 0 N–H and O–H groups in total. The lowest BCUT2D eigenvalue weighted by Crippen LogP contribution is -2.46. The summed E-state index contributed by atoms with van der Waals surface area (Å²) in [5, 5.41) is 4.08. The van der Waals surface area contributed by atoms with Gasteiger partial charge in [0.15, 0.2) is 5.82 Å². The number of nitrogens with zero attached hydrogens (tertiary/aromatic N) is 4. The van der Waals surface area contributed by atoms with Gasteiger partial charge in [0.1, 0.15) is 0 Å². The van der Waals surface area contributed by atoms with Gasteiger partial charge < -0.3 is 9.42 Å². The SMILES string of the molecule is Cc1cccc(N2CCN(Cc3nc(CC(C)C)no3)CC2)c1C. The van der Waals surface area contributed by atoms with Crippen LogP contribution in [-0.2, 0) is 13.0 Å². The van der Waals surface area contributed by atoms with Crippen molar-refractivity contribution in [1.82, 2.24) is 15.0 Å². The third-order valence-electron chi connectivity index (χ3n) is 4.75. The van der Waals surface area contributed by atoms with E-state index in [1.165, 1.54) is 16.8 Å². The number of benzene rings is 1. The molecule has 0 unspecified atom stereocenters. The number of anilines is 1. The second-order valence-corrected chi connectivity index (χ2v) is 7.18. The van der Waals surface area contributed by atoms with Crippen molar-refractivity contribution in [1.29, 1.82) is 0 Å². The molecular weight excluding hydrogens is 300 g/mol. The van der Waals surface area contributed by atoms with Gasteiger partial charge in [-0.15, -0.1) is 0 Å². The summed E-state index contributed by atoms with van der Waals surface area (Å²) >= 11 is 0. The highest BCUT2D eigenvalue weighted by atomic mass is 16.5. The van der Waals surface area contributed by atoms with E-state index in [0.29, 0.717) is 5.92 Å². The van der Waals surface area contributed by atoms with Crippen molar-refractivity contribution in [2.24, 2.45) is 5.92 Å². The molecule has 1 aromatic heterocycles. The summed E-state index contributed by atoms with van der Waals surface area (Å²) in [7, 11) is 0. The van der Waals surface area contributed by atoms with E-state index in [0.717, 1.165) is 50.9 Å². The summed E-state index contributed by atoms with van der Waals surface area (Å²) in [5.74, 6) is 2.12. The smallest absolute Gasteiger partial charge is 0.240 e. The topological polar surface area (TPSA) is 45.4 Å². The van der Waals surface area contributed by atoms with E-state index in [1.54, 1.807) is 0 Å². The van der Waals surface area contributed by atoms with Gasteiger partial charge in [0, 0.05) is 38.3 Å². The predicted octanol–water partition coefficient (Wildman–Crippen LogP) is 3.21. The summed E-state index contributed by atoms with van der Waals surface area (Å²) < 4.78 is 5.40. The molecule has 3 rings (SSSR count). The maximum Gasteiger partial charge on any atom is 0.240 e. The van der Waals surface area contributed by atoms with Crippen LogP contribution in [0.1, 0.15) is 36.7 Å². The Morgan fingerprint density at radius 3 is 2.58 bits per heavy atom. The van der Waals surface area contributed by atoms with Crippen LogP contribution in [0.3, 0.4) is 0 Å². The normalized spacial score (nSPS) is 16.1. The second-order valence-electron chi connectivity index (χ2n) is 7.18. The van der Waals surface area contributed by atoms with Crippen molar-refractivity contribution in [2.75, 3.05) is 31.1 Å². The molecule has 1 saturated heterocycles. The zero-order valence-electron chi connectivity index (χ0n) is 15.2. The summed E-state index contributed by atoms with van der Waals surface area (Å²) in [6, 6.07) is 6.56. The van der Waals surface area contributed by atoms with E-state index in [9.17, 15) is 0 Å². The molecule has 0 spiro atoms. The number of piperazine rings is 1. The van der Waals surface area contributed by atoms with E-state index in [2.05, 4.69) is 65.8 Å². The molecule has 0 aliphatic carbocycles. The largest absolute Gasteiger partial charge is 0.369 e. The fourth-order valence-electron chi connectivity index (χ4n) is 3.22. The number of hydrogen-bond acceptors (Lipinski definition) is 5. The van der Waals surface area contributed by atoms with Crippen molar-refractivity contribution >= 4 is 5.69 Å². The predicted molar refractivity (Wildman–Crippen MR) is 96.2 cm³/mol. The van der Waals surface area contributed by atoms with Gasteiger partial charge in [-0.05, 0) is 37.0 Å². The van der Waals surface area contributed by atoms with E-state index in [-0.39, 0.29) is 0 Å².